The smallest absolute Gasteiger partial charge is 0.309 e. The molecular weight excluding hydrogens is 295 g/mol. The number of hydrogen-bond acceptors (Lipinski definition) is 2. The van der Waals surface area contributed by atoms with Gasteiger partial charge in [-0.05, 0) is 56.2 Å². The first-order chi connectivity index (χ1) is 9.87. The average Bonchev–Trinajstić information content (AvgIpc) is 2.86. The largest absolute Gasteiger partial charge is 0.416 e. The zero-order valence-corrected chi connectivity index (χ0v) is 13.3. The first kappa shape index (κ1) is 16.7. The summed E-state index contributed by atoms with van der Waals surface area (Å²) in [6.07, 6.45) is -1.15. The lowest BCUT2D eigenvalue weighted by Gasteiger charge is -2.35. The van der Waals surface area contributed by atoms with E-state index in [9.17, 15) is 13.2 Å². The molecular formula is C16H22F3NS. The highest BCUT2D eigenvalue weighted by Gasteiger charge is 2.39. The van der Waals surface area contributed by atoms with Gasteiger partial charge in [-0.15, -0.1) is 0 Å². The van der Waals surface area contributed by atoms with Crippen molar-refractivity contribution in [2.75, 3.05) is 12.3 Å². The molecule has 1 aromatic rings. The van der Waals surface area contributed by atoms with Gasteiger partial charge in [0.25, 0.3) is 0 Å². The Balaban J connectivity index is 2.32. The average molecular weight is 317 g/mol. The van der Waals surface area contributed by atoms with E-state index in [1.807, 2.05) is 17.8 Å². The summed E-state index contributed by atoms with van der Waals surface area (Å²) in [6.45, 7) is 5.05. The van der Waals surface area contributed by atoms with E-state index in [-0.39, 0.29) is 10.8 Å². The highest BCUT2D eigenvalue weighted by molar-refractivity contribution is 8.00. The van der Waals surface area contributed by atoms with E-state index in [1.165, 1.54) is 12.1 Å². The molecule has 0 aliphatic carbocycles. The molecule has 1 heterocycles. The van der Waals surface area contributed by atoms with Gasteiger partial charge < -0.3 is 5.32 Å². The molecule has 1 aliphatic rings. The summed E-state index contributed by atoms with van der Waals surface area (Å²) in [5.74, 6) is 1.08. The van der Waals surface area contributed by atoms with Crippen LogP contribution in [0.2, 0.25) is 0 Å². The third-order valence-corrected chi connectivity index (χ3v) is 5.60. The van der Waals surface area contributed by atoms with Crippen LogP contribution in [-0.2, 0) is 6.18 Å². The van der Waals surface area contributed by atoms with Gasteiger partial charge in [-0.3, -0.25) is 0 Å². The molecule has 2 rings (SSSR count). The first-order valence-corrected chi connectivity index (χ1v) is 8.40. The summed E-state index contributed by atoms with van der Waals surface area (Å²) in [5.41, 5.74) is 0.185. The number of hydrogen-bond donors (Lipinski definition) is 1. The fourth-order valence-corrected chi connectivity index (χ4v) is 4.33. The van der Waals surface area contributed by atoms with Crippen LogP contribution < -0.4 is 5.32 Å². The summed E-state index contributed by atoms with van der Waals surface area (Å²) in [4.78, 5) is 0. The predicted molar refractivity (Wildman–Crippen MR) is 82.6 cm³/mol. The first-order valence-electron chi connectivity index (χ1n) is 7.41. The van der Waals surface area contributed by atoms with Crippen molar-refractivity contribution in [3.8, 4) is 0 Å². The zero-order valence-electron chi connectivity index (χ0n) is 12.5. The lowest BCUT2D eigenvalue weighted by Crippen LogP contribution is -2.38. The van der Waals surface area contributed by atoms with E-state index in [0.717, 1.165) is 43.2 Å². The normalized spacial score (nSPS) is 24.2. The quantitative estimate of drug-likeness (QED) is 0.817. The van der Waals surface area contributed by atoms with E-state index >= 15 is 0 Å². The van der Waals surface area contributed by atoms with Crippen molar-refractivity contribution in [2.24, 2.45) is 0 Å². The number of benzene rings is 1. The highest BCUT2D eigenvalue weighted by Crippen LogP contribution is 2.47. The number of halogens is 3. The van der Waals surface area contributed by atoms with Crippen LogP contribution in [-0.4, -0.2) is 17.0 Å². The number of rotatable bonds is 5. The van der Waals surface area contributed by atoms with Crippen LogP contribution >= 0.6 is 11.8 Å². The van der Waals surface area contributed by atoms with Crippen LogP contribution in [0.3, 0.4) is 0 Å². The SMILES string of the molecule is CCCNC(c1cccc(C(F)(F)F)c1)C1(C)CCCS1. The standard InChI is InChI=1S/C16H22F3NS/c1-3-9-20-14(15(2)8-5-10-21-15)12-6-4-7-13(11-12)16(17,18)19/h4,6-7,11,14,20H,3,5,8-10H2,1-2H3. The summed E-state index contributed by atoms with van der Waals surface area (Å²) < 4.78 is 38.8. The van der Waals surface area contributed by atoms with Crippen molar-refractivity contribution in [3.63, 3.8) is 0 Å². The molecule has 0 saturated carbocycles. The minimum absolute atomic E-state index is 0.0284. The Morgan fingerprint density at radius 3 is 2.71 bits per heavy atom. The minimum atomic E-state index is -4.28. The fourth-order valence-electron chi connectivity index (χ4n) is 2.90. The molecule has 0 bridgehead atoms. The van der Waals surface area contributed by atoms with E-state index in [4.69, 9.17) is 0 Å². The molecule has 118 valence electrons. The van der Waals surface area contributed by atoms with Gasteiger partial charge in [0.2, 0.25) is 0 Å². The lowest BCUT2D eigenvalue weighted by atomic mass is 9.89. The van der Waals surface area contributed by atoms with Crippen molar-refractivity contribution in [2.45, 2.75) is 50.1 Å². The Labute approximate surface area is 128 Å². The number of alkyl halides is 3. The van der Waals surface area contributed by atoms with Crippen molar-refractivity contribution in [1.29, 1.82) is 0 Å². The predicted octanol–water partition coefficient (Wildman–Crippen LogP) is 5.03. The van der Waals surface area contributed by atoms with Crippen LogP contribution in [0.4, 0.5) is 13.2 Å². The Morgan fingerprint density at radius 1 is 1.38 bits per heavy atom. The third-order valence-electron chi connectivity index (χ3n) is 4.01. The molecule has 2 unspecified atom stereocenters. The maximum absolute atomic E-state index is 12.9. The maximum Gasteiger partial charge on any atom is 0.416 e. The zero-order chi connectivity index (χ0) is 15.5. The molecule has 0 aromatic heterocycles. The maximum atomic E-state index is 12.9. The molecule has 1 fully saturated rings. The summed E-state index contributed by atoms with van der Waals surface area (Å²) >= 11 is 1.87. The Kier molecular flexibility index (Phi) is 5.25. The van der Waals surface area contributed by atoms with Crippen molar-refractivity contribution in [1.82, 2.24) is 5.32 Å². The van der Waals surface area contributed by atoms with Gasteiger partial charge in [0.15, 0.2) is 0 Å². The number of thioether (sulfide) groups is 1. The molecule has 1 nitrogen and oxygen atoms in total. The minimum Gasteiger partial charge on any atom is -0.309 e. The van der Waals surface area contributed by atoms with E-state index in [2.05, 4.69) is 19.2 Å². The Morgan fingerprint density at radius 2 is 2.14 bits per heavy atom. The molecule has 1 aromatic carbocycles. The third kappa shape index (κ3) is 3.95. The topological polar surface area (TPSA) is 12.0 Å². The Hall–Kier alpha value is -0.680. The molecule has 0 amide bonds. The Bertz CT molecular complexity index is 467. The highest BCUT2D eigenvalue weighted by atomic mass is 32.2. The molecule has 0 radical (unpaired) electrons. The van der Waals surface area contributed by atoms with Crippen molar-refractivity contribution >= 4 is 11.8 Å². The fraction of sp³-hybridized carbons (Fsp3) is 0.625. The second kappa shape index (κ2) is 6.61. The molecule has 1 N–H and O–H groups in total. The molecule has 5 heteroatoms. The van der Waals surface area contributed by atoms with Gasteiger partial charge in [0.05, 0.1) is 5.56 Å². The van der Waals surface area contributed by atoms with Crippen LogP contribution in [0, 0.1) is 0 Å². The van der Waals surface area contributed by atoms with Crippen LogP contribution in [0.1, 0.15) is 50.3 Å². The summed E-state index contributed by atoms with van der Waals surface area (Å²) in [6, 6.07) is 5.74. The molecule has 21 heavy (non-hydrogen) atoms. The van der Waals surface area contributed by atoms with E-state index in [1.54, 1.807) is 0 Å². The van der Waals surface area contributed by atoms with E-state index < -0.39 is 11.7 Å². The van der Waals surface area contributed by atoms with Crippen LogP contribution in [0.25, 0.3) is 0 Å². The second-order valence-corrected chi connectivity index (χ2v) is 7.40. The second-order valence-electron chi connectivity index (χ2n) is 5.78. The molecule has 0 spiro atoms. The van der Waals surface area contributed by atoms with Gasteiger partial charge in [-0.2, -0.15) is 24.9 Å². The molecule has 1 saturated heterocycles. The van der Waals surface area contributed by atoms with Gasteiger partial charge in [0, 0.05) is 10.8 Å². The number of nitrogens with one attached hydrogen (secondary N) is 1. The van der Waals surface area contributed by atoms with Gasteiger partial charge in [0.1, 0.15) is 0 Å². The lowest BCUT2D eigenvalue weighted by molar-refractivity contribution is -0.137. The molecule has 2 atom stereocenters. The van der Waals surface area contributed by atoms with Gasteiger partial charge in [-0.25, -0.2) is 0 Å². The summed E-state index contributed by atoms with van der Waals surface area (Å²) in [7, 11) is 0. The van der Waals surface area contributed by atoms with Gasteiger partial charge in [-0.1, -0.05) is 19.1 Å². The summed E-state index contributed by atoms with van der Waals surface area (Å²) in [5, 5.41) is 3.46. The van der Waals surface area contributed by atoms with Gasteiger partial charge >= 0.3 is 6.18 Å². The monoisotopic (exact) mass is 317 g/mol. The van der Waals surface area contributed by atoms with Crippen molar-refractivity contribution < 1.29 is 13.2 Å². The molecule has 1 aliphatic heterocycles. The van der Waals surface area contributed by atoms with Crippen molar-refractivity contribution in [3.05, 3.63) is 35.4 Å². The van der Waals surface area contributed by atoms with Crippen LogP contribution in [0.5, 0.6) is 0 Å². The van der Waals surface area contributed by atoms with E-state index in [0.29, 0.717) is 0 Å². The van der Waals surface area contributed by atoms with Crippen LogP contribution in [0.15, 0.2) is 24.3 Å².